The first kappa shape index (κ1) is 12.5. The van der Waals surface area contributed by atoms with Gasteiger partial charge in [0, 0.05) is 0 Å². The Labute approximate surface area is 95.7 Å². The number of aryl methyl sites for hydroxylation is 2. The normalized spacial score (nSPS) is 11.9. The second-order valence-corrected chi connectivity index (χ2v) is 10.5. The van der Waals surface area contributed by atoms with Crippen LogP contribution in [0.25, 0.3) is 0 Å². The molecule has 0 nitrogen and oxygen atoms in total. The number of hydrogen-bond acceptors (Lipinski definition) is 0. The minimum absolute atomic E-state index is 1.15. The maximum atomic E-state index is 2.45. The van der Waals surface area contributed by atoms with E-state index in [0.717, 1.165) is 12.8 Å². The highest BCUT2D eigenvalue weighted by atomic mass is 28.3. The molecule has 0 N–H and O–H groups in total. The van der Waals surface area contributed by atoms with Crippen molar-refractivity contribution in [3.8, 4) is 0 Å². The Morgan fingerprint density at radius 2 is 1.33 bits per heavy atom. The van der Waals surface area contributed by atoms with Gasteiger partial charge in [-0.25, -0.2) is 0 Å². The highest BCUT2D eigenvalue weighted by Crippen LogP contribution is 2.16. The van der Waals surface area contributed by atoms with E-state index in [1.54, 1.807) is 16.3 Å². The van der Waals surface area contributed by atoms with E-state index >= 15 is 0 Å². The first-order valence-corrected chi connectivity index (χ1v) is 9.53. The zero-order valence-electron chi connectivity index (χ0n) is 11.1. The lowest BCUT2D eigenvalue weighted by Crippen LogP contribution is -2.38. The van der Waals surface area contributed by atoms with Crippen LogP contribution in [0.15, 0.2) is 12.1 Å². The predicted octanol–water partition coefficient (Wildman–Crippen LogP) is 3.67. The van der Waals surface area contributed by atoms with E-state index in [4.69, 9.17) is 0 Å². The van der Waals surface area contributed by atoms with Crippen molar-refractivity contribution in [1.82, 2.24) is 0 Å². The molecule has 0 heterocycles. The van der Waals surface area contributed by atoms with Gasteiger partial charge in [-0.1, -0.05) is 50.8 Å². The maximum absolute atomic E-state index is 2.45. The summed E-state index contributed by atoms with van der Waals surface area (Å²) < 4.78 is 0. The van der Waals surface area contributed by atoms with Crippen LogP contribution in [0.4, 0.5) is 0 Å². The molecule has 0 unspecified atom stereocenters. The standard InChI is InChI=1S/C14H24Si/c1-7-12-9-14(15(4,5)6)10-13(8-2)11(12)3/h9-10H,7-8H2,1-6H3. The van der Waals surface area contributed by atoms with Crippen LogP contribution in [0.2, 0.25) is 19.6 Å². The van der Waals surface area contributed by atoms with Gasteiger partial charge in [0.2, 0.25) is 0 Å². The van der Waals surface area contributed by atoms with Gasteiger partial charge >= 0.3 is 0 Å². The molecule has 0 aliphatic heterocycles. The molecule has 0 atom stereocenters. The fraction of sp³-hybridized carbons (Fsp3) is 0.571. The Morgan fingerprint density at radius 1 is 0.933 bits per heavy atom. The van der Waals surface area contributed by atoms with Crippen LogP contribution in [-0.4, -0.2) is 8.07 Å². The van der Waals surface area contributed by atoms with Crippen molar-refractivity contribution in [3.63, 3.8) is 0 Å². The zero-order chi connectivity index (χ0) is 11.6. The SMILES string of the molecule is CCc1cc([Si](C)(C)C)cc(CC)c1C. The lowest BCUT2D eigenvalue weighted by Gasteiger charge is -2.21. The van der Waals surface area contributed by atoms with Gasteiger partial charge in [-0.05, 0) is 36.5 Å². The first-order valence-electron chi connectivity index (χ1n) is 6.03. The third-order valence-electron chi connectivity index (χ3n) is 3.25. The van der Waals surface area contributed by atoms with Crippen molar-refractivity contribution in [1.29, 1.82) is 0 Å². The highest BCUT2D eigenvalue weighted by Gasteiger charge is 2.18. The van der Waals surface area contributed by atoms with Crippen molar-refractivity contribution in [2.75, 3.05) is 0 Å². The van der Waals surface area contributed by atoms with Gasteiger partial charge in [0.05, 0.1) is 8.07 Å². The van der Waals surface area contributed by atoms with Crippen molar-refractivity contribution >= 4 is 13.3 Å². The number of hydrogen-bond donors (Lipinski definition) is 0. The lowest BCUT2D eigenvalue weighted by molar-refractivity contribution is 1.05. The van der Waals surface area contributed by atoms with Gasteiger partial charge in [-0.2, -0.15) is 0 Å². The topological polar surface area (TPSA) is 0 Å². The smallest absolute Gasteiger partial charge is 0.0656 e. The molecule has 0 radical (unpaired) electrons. The summed E-state index contributed by atoms with van der Waals surface area (Å²) in [6, 6.07) is 4.89. The van der Waals surface area contributed by atoms with E-state index in [1.165, 1.54) is 5.56 Å². The molecule has 0 fully saturated rings. The van der Waals surface area contributed by atoms with Gasteiger partial charge in [0.1, 0.15) is 0 Å². The van der Waals surface area contributed by atoms with E-state index in [2.05, 4.69) is 52.5 Å². The molecule has 84 valence electrons. The zero-order valence-corrected chi connectivity index (χ0v) is 12.1. The summed E-state index contributed by atoms with van der Waals surface area (Å²) >= 11 is 0. The monoisotopic (exact) mass is 220 g/mol. The largest absolute Gasteiger partial charge is 0.0776 e. The Kier molecular flexibility index (Phi) is 3.77. The molecule has 0 bridgehead atoms. The Bertz CT molecular complexity index is 320. The van der Waals surface area contributed by atoms with Crippen LogP contribution in [0.1, 0.15) is 30.5 Å². The summed E-state index contributed by atoms with van der Waals surface area (Å²) in [5, 5.41) is 1.61. The third kappa shape index (κ3) is 2.72. The van der Waals surface area contributed by atoms with Gasteiger partial charge in [-0.3, -0.25) is 0 Å². The van der Waals surface area contributed by atoms with Crippen LogP contribution in [-0.2, 0) is 12.8 Å². The molecular weight excluding hydrogens is 196 g/mol. The van der Waals surface area contributed by atoms with E-state index in [9.17, 15) is 0 Å². The second-order valence-electron chi connectivity index (χ2n) is 5.38. The van der Waals surface area contributed by atoms with Gasteiger partial charge < -0.3 is 0 Å². The Morgan fingerprint density at radius 3 is 1.60 bits per heavy atom. The molecule has 1 aromatic rings. The number of rotatable bonds is 3. The quantitative estimate of drug-likeness (QED) is 0.682. The van der Waals surface area contributed by atoms with Crippen LogP contribution >= 0.6 is 0 Å². The lowest BCUT2D eigenvalue weighted by atomic mass is 9.99. The molecule has 15 heavy (non-hydrogen) atoms. The van der Waals surface area contributed by atoms with Gasteiger partial charge in [0.15, 0.2) is 0 Å². The molecule has 0 saturated carbocycles. The molecular formula is C14H24Si. The molecule has 1 rings (SSSR count). The molecule has 1 heteroatoms. The molecule has 1 aromatic carbocycles. The summed E-state index contributed by atoms with van der Waals surface area (Å²) in [7, 11) is -1.15. The fourth-order valence-corrected chi connectivity index (χ4v) is 3.22. The van der Waals surface area contributed by atoms with Crippen LogP contribution in [0.5, 0.6) is 0 Å². The second kappa shape index (κ2) is 4.52. The molecule has 0 saturated heterocycles. The van der Waals surface area contributed by atoms with Crippen molar-refractivity contribution in [2.24, 2.45) is 0 Å². The molecule has 0 aliphatic carbocycles. The van der Waals surface area contributed by atoms with Crippen LogP contribution < -0.4 is 5.19 Å². The highest BCUT2D eigenvalue weighted by molar-refractivity contribution is 6.88. The minimum Gasteiger partial charge on any atom is -0.0656 e. The van der Waals surface area contributed by atoms with E-state index in [1.807, 2.05) is 0 Å². The summed E-state index contributed by atoms with van der Waals surface area (Å²) in [5.41, 5.74) is 4.61. The van der Waals surface area contributed by atoms with Gasteiger partial charge in [-0.15, -0.1) is 0 Å². The molecule has 0 aromatic heterocycles. The van der Waals surface area contributed by atoms with Crippen molar-refractivity contribution < 1.29 is 0 Å². The minimum atomic E-state index is -1.15. The average molecular weight is 220 g/mol. The Balaban J connectivity index is 3.33. The fourth-order valence-electron chi connectivity index (χ4n) is 2.01. The van der Waals surface area contributed by atoms with E-state index in [0.29, 0.717) is 0 Å². The third-order valence-corrected chi connectivity index (χ3v) is 5.27. The molecule has 0 amide bonds. The van der Waals surface area contributed by atoms with Gasteiger partial charge in [0.25, 0.3) is 0 Å². The summed E-state index contributed by atoms with van der Waals surface area (Å²) in [5.74, 6) is 0. The molecule has 0 spiro atoms. The average Bonchev–Trinajstić information content (AvgIpc) is 2.16. The van der Waals surface area contributed by atoms with E-state index in [-0.39, 0.29) is 0 Å². The van der Waals surface area contributed by atoms with Crippen LogP contribution in [0, 0.1) is 6.92 Å². The summed E-state index contributed by atoms with van der Waals surface area (Å²) in [6.07, 6.45) is 2.33. The predicted molar refractivity (Wildman–Crippen MR) is 72.9 cm³/mol. The summed E-state index contributed by atoms with van der Waals surface area (Å²) in [4.78, 5) is 0. The van der Waals surface area contributed by atoms with Crippen molar-refractivity contribution in [3.05, 3.63) is 28.8 Å². The van der Waals surface area contributed by atoms with Crippen LogP contribution in [0.3, 0.4) is 0 Å². The maximum Gasteiger partial charge on any atom is 0.0776 e. The number of benzene rings is 1. The van der Waals surface area contributed by atoms with E-state index < -0.39 is 8.07 Å². The Hall–Kier alpha value is -0.563. The summed E-state index contributed by atoms with van der Waals surface area (Å²) in [6.45, 7) is 14.1. The first-order chi connectivity index (χ1) is 6.90. The molecule has 0 aliphatic rings. The van der Waals surface area contributed by atoms with Crippen molar-refractivity contribution in [2.45, 2.75) is 53.3 Å².